The Labute approximate surface area is 184 Å². The summed E-state index contributed by atoms with van der Waals surface area (Å²) in [5, 5.41) is 3.86. The minimum Gasteiger partial charge on any atom is -0.493 e. The molecule has 0 radical (unpaired) electrons. The molecule has 1 saturated heterocycles. The van der Waals surface area contributed by atoms with E-state index in [1.165, 1.54) is 23.5 Å². The predicted octanol–water partition coefficient (Wildman–Crippen LogP) is 5.57. The standard InChI is InChI=1S/C23H25NO4S2/c1-15(20-13-17-5-3-6-19(26-2)22(17)28-20)24-21(25)14-27-18-9-7-16(8-10-18)23-29-11-4-12-30-23/h3,5-10,13,15,23H,4,11-12,14H2,1-2H3,(H,24,25). The minimum absolute atomic E-state index is 0.0415. The zero-order valence-electron chi connectivity index (χ0n) is 17.1. The van der Waals surface area contributed by atoms with Crippen LogP contribution in [0.5, 0.6) is 11.5 Å². The monoisotopic (exact) mass is 443 g/mol. The van der Waals surface area contributed by atoms with Gasteiger partial charge in [-0.2, -0.15) is 0 Å². The molecule has 1 fully saturated rings. The molecule has 0 aliphatic carbocycles. The first-order valence-corrected chi connectivity index (χ1v) is 12.1. The van der Waals surface area contributed by atoms with Gasteiger partial charge in [0, 0.05) is 5.39 Å². The molecule has 3 aromatic rings. The van der Waals surface area contributed by atoms with Crippen LogP contribution < -0.4 is 14.8 Å². The third-order valence-electron chi connectivity index (χ3n) is 4.90. The molecule has 1 N–H and O–H groups in total. The Morgan fingerprint density at radius 2 is 1.97 bits per heavy atom. The molecule has 1 aliphatic heterocycles. The van der Waals surface area contributed by atoms with Gasteiger partial charge in [-0.25, -0.2) is 0 Å². The van der Waals surface area contributed by atoms with Crippen LogP contribution in [0, 0.1) is 0 Å². The topological polar surface area (TPSA) is 60.7 Å². The summed E-state index contributed by atoms with van der Waals surface area (Å²) in [7, 11) is 1.61. The average Bonchev–Trinajstić information content (AvgIpc) is 3.23. The molecule has 2 aromatic carbocycles. The van der Waals surface area contributed by atoms with E-state index in [9.17, 15) is 4.79 Å². The van der Waals surface area contributed by atoms with Gasteiger partial charge in [0.05, 0.1) is 17.7 Å². The van der Waals surface area contributed by atoms with E-state index in [0.29, 0.717) is 27.4 Å². The fourth-order valence-corrected chi connectivity index (χ4v) is 6.23. The Morgan fingerprint density at radius 1 is 1.20 bits per heavy atom. The zero-order valence-corrected chi connectivity index (χ0v) is 18.7. The summed E-state index contributed by atoms with van der Waals surface area (Å²) < 4.78 is 17.4. The first kappa shape index (κ1) is 21.0. The summed E-state index contributed by atoms with van der Waals surface area (Å²) >= 11 is 3.98. The molecule has 1 amide bonds. The number of methoxy groups -OCH3 is 1. The molecule has 1 aromatic heterocycles. The third kappa shape index (κ3) is 4.90. The highest BCUT2D eigenvalue weighted by molar-refractivity contribution is 8.16. The molecule has 158 valence electrons. The van der Waals surface area contributed by atoms with E-state index in [2.05, 4.69) is 17.4 Å². The largest absolute Gasteiger partial charge is 0.493 e. The number of hydrogen-bond donors (Lipinski definition) is 1. The van der Waals surface area contributed by atoms with E-state index in [4.69, 9.17) is 13.9 Å². The van der Waals surface area contributed by atoms with E-state index in [0.717, 1.165) is 5.39 Å². The lowest BCUT2D eigenvalue weighted by Gasteiger charge is -2.21. The van der Waals surface area contributed by atoms with Crippen molar-refractivity contribution in [2.45, 2.75) is 24.0 Å². The number of para-hydroxylation sites is 1. The summed E-state index contributed by atoms with van der Waals surface area (Å²) in [6.45, 7) is 1.84. The molecular weight excluding hydrogens is 418 g/mol. The maximum atomic E-state index is 12.3. The van der Waals surface area contributed by atoms with Crippen LogP contribution in [0.2, 0.25) is 0 Å². The third-order valence-corrected chi connectivity index (χ3v) is 7.92. The molecule has 1 unspecified atom stereocenters. The van der Waals surface area contributed by atoms with Crippen LogP contribution in [-0.2, 0) is 4.79 Å². The number of ether oxygens (including phenoxy) is 2. The normalized spacial score (nSPS) is 15.7. The number of benzene rings is 2. The van der Waals surface area contributed by atoms with Crippen LogP contribution in [0.1, 0.15) is 35.3 Å². The van der Waals surface area contributed by atoms with Crippen molar-refractivity contribution in [1.29, 1.82) is 0 Å². The zero-order chi connectivity index (χ0) is 20.9. The molecule has 7 heteroatoms. The number of thioether (sulfide) groups is 2. The van der Waals surface area contributed by atoms with Crippen molar-refractivity contribution in [2.24, 2.45) is 0 Å². The van der Waals surface area contributed by atoms with Gasteiger partial charge in [0.15, 0.2) is 17.9 Å². The van der Waals surface area contributed by atoms with Gasteiger partial charge in [-0.1, -0.05) is 24.3 Å². The second-order valence-electron chi connectivity index (χ2n) is 7.10. The van der Waals surface area contributed by atoms with E-state index < -0.39 is 0 Å². The molecule has 2 heterocycles. The predicted molar refractivity (Wildman–Crippen MR) is 124 cm³/mol. The molecular formula is C23H25NO4S2. The van der Waals surface area contributed by atoms with Crippen molar-refractivity contribution >= 4 is 40.4 Å². The fraction of sp³-hybridized carbons (Fsp3) is 0.348. The number of fused-ring (bicyclic) bond motifs is 1. The Morgan fingerprint density at radius 3 is 2.70 bits per heavy atom. The van der Waals surface area contributed by atoms with Crippen LogP contribution in [-0.4, -0.2) is 31.1 Å². The number of carbonyl (C=O) groups excluding carboxylic acids is 1. The lowest BCUT2D eigenvalue weighted by atomic mass is 10.2. The van der Waals surface area contributed by atoms with Gasteiger partial charge in [-0.3, -0.25) is 4.79 Å². The van der Waals surface area contributed by atoms with Crippen LogP contribution in [0.3, 0.4) is 0 Å². The van der Waals surface area contributed by atoms with Crippen molar-refractivity contribution in [2.75, 3.05) is 25.2 Å². The van der Waals surface area contributed by atoms with Gasteiger partial charge in [-0.15, -0.1) is 23.5 Å². The molecule has 30 heavy (non-hydrogen) atoms. The number of furan rings is 1. The summed E-state index contributed by atoms with van der Waals surface area (Å²) in [5.74, 6) is 4.28. The molecule has 1 aliphatic rings. The van der Waals surface area contributed by atoms with Crippen LogP contribution >= 0.6 is 23.5 Å². The second kappa shape index (κ2) is 9.71. The fourth-order valence-electron chi connectivity index (χ4n) is 3.33. The molecule has 4 rings (SSSR count). The lowest BCUT2D eigenvalue weighted by Crippen LogP contribution is -2.31. The summed E-state index contributed by atoms with van der Waals surface area (Å²) in [5.41, 5.74) is 1.98. The molecule has 0 spiro atoms. The molecule has 5 nitrogen and oxygen atoms in total. The number of rotatable bonds is 7. The average molecular weight is 444 g/mol. The highest BCUT2D eigenvalue weighted by atomic mass is 32.2. The summed E-state index contributed by atoms with van der Waals surface area (Å²) in [6.07, 6.45) is 1.28. The smallest absolute Gasteiger partial charge is 0.258 e. The van der Waals surface area contributed by atoms with Crippen molar-refractivity contribution in [3.63, 3.8) is 0 Å². The van der Waals surface area contributed by atoms with Gasteiger partial charge < -0.3 is 19.2 Å². The first-order chi connectivity index (χ1) is 14.6. The van der Waals surface area contributed by atoms with Gasteiger partial charge in [-0.05, 0) is 54.7 Å². The van der Waals surface area contributed by atoms with E-state index in [-0.39, 0.29) is 18.6 Å². The maximum absolute atomic E-state index is 12.3. The summed E-state index contributed by atoms with van der Waals surface area (Å²) in [4.78, 5) is 12.3. The lowest BCUT2D eigenvalue weighted by molar-refractivity contribution is -0.123. The molecule has 0 saturated carbocycles. The summed E-state index contributed by atoms with van der Waals surface area (Å²) in [6, 6.07) is 15.4. The molecule has 0 bridgehead atoms. The van der Waals surface area contributed by atoms with E-state index >= 15 is 0 Å². The second-order valence-corrected chi connectivity index (χ2v) is 9.83. The Bertz CT molecular complexity index is 996. The maximum Gasteiger partial charge on any atom is 0.258 e. The quantitative estimate of drug-likeness (QED) is 0.515. The Kier molecular flexibility index (Phi) is 6.79. The van der Waals surface area contributed by atoms with Crippen LogP contribution in [0.4, 0.5) is 0 Å². The molecule has 1 atom stereocenters. The Balaban J connectivity index is 1.31. The first-order valence-electron chi connectivity index (χ1n) is 9.96. The van der Waals surface area contributed by atoms with Gasteiger partial charge in [0.2, 0.25) is 0 Å². The van der Waals surface area contributed by atoms with Crippen LogP contribution in [0.15, 0.2) is 52.9 Å². The van der Waals surface area contributed by atoms with Gasteiger partial charge in [0.1, 0.15) is 11.5 Å². The minimum atomic E-state index is -0.277. The number of carbonyl (C=O) groups is 1. The van der Waals surface area contributed by atoms with E-state index in [1.54, 1.807) is 7.11 Å². The SMILES string of the molecule is COc1cccc2cc(C(C)NC(=O)COc3ccc(C4SCCCS4)cc3)oc12. The Hall–Kier alpha value is -2.25. The number of nitrogens with one attached hydrogen (secondary N) is 1. The van der Waals surface area contributed by atoms with Crippen molar-refractivity contribution in [1.82, 2.24) is 5.32 Å². The highest BCUT2D eigenvalue weighted by Crippen LogP contribution is 2.43. The van der Waals surface area contributed by atoms with E-state index in [1.807, 2.05) is 66.8 Å². The number of hydrogen-bond acceptors (Lipinski definition) is 6. The van der Waals surface area contributed by atoms with Crippen molar-refractivity contribution < 1.29 is 18.7 Å². The van der Waals surface area contributed by atoms with Gasteiger partial charge in [0.25, 0.3) is 5.91 Å². The highest BCUT2D eigenvalue weighted by Gasteiger charge is 2.18. The van der Waals surface area contributed by atoms with Gasteiger partial charge >= 0.3 is 0 Å². The van der Waals surface area contributed by atoms with Crippen molar-refractivity contribution in [3.8, 4) is 11.5 Å². The number of amides is 1. The van der Waals surface area contributed by atoms with Crippen LogP contribution in [0.25, 0.3) is 11.0 Å². The van der Waals surface area contributed by atoms with Crippen molar-refractivity contribution in [3.05, 3.63) is 59.9 Å².